The van der Waals surface area contributed by atoms with Crippen LogP contribution in [0.25, 0.3) is 17.1 Å². The van der Waals surface area contributed by atoms with Crippen molar-refractivity contribution >= 4 is 21.9 Å². The molecule has 1 saturated heterocycles. The topological polar surface area (TPSA) is 150 Å². The van der Waals surface area contributed by atoms with Crippen LogP contribution in [0.3, 0.4) is 0 Å². The minimum atomic E-state index is -3.99. The second kappa shape index (κ2) is 10.5. The Morgan fingerprint density at radius 3 is 2.37 bits per heavy atom. The molecule has 0 amide bonds. The van der Waals surface area contributed by atoms with E-state index in [1.807, 2.05) is 30.3 Å². The van der Waals surface area contributed by atoms with E-state index in [0.29, 0.717) is 30.8 Å². The van der Waals surface area contributed by atoms with Crippen LogP contribution >= 0.6 is 0 Å². The molecule has 1 N–H and O–H groups in total. The van der Waals surface area contributed by atoms with Crippen LogP contribution in [0.15, 0.2) is 49.1 Å². The van der Waals surface area contributed by atoms with Gasteiger partial charge in [0.15, 0.2) is 17.3 Å². The van der Waals surface area contributed by atoms with E-state index in [2.05, 4.69) is 34.9 Å². The van der Waals surface area contributed by atoms with Gasteiger partial charge in [-0.25, -0.2) is 22.8 Å². The van der Waals surface area contributed by atoms with Gasteiger partial charge in [-0.05, 0) is 12.8 Å². The van der Waals surface area contributed by atoms with Crippen LogP contribution in [-0.2, 0) is 10.0 Å². The predicted octanol–water partition coefficient (Wildman–Crippen LogP) is 2.33. The summed E-state index contributed by atoms with van der Waals surface area (Å²) in [7, 11) is -1.14. The number of methoxy groups -OCH3 is 2. The molecule has 1 atom stereocenters. The van der Waals surface area contributed by atoms with Crippen LogP contribution in [0.2, 0.25) is 0 Å². The number of nitrogens with zero attached hydrogens (tertiary/aromatic N) is 8. The Labute approximate surface area is 219 Å². The van der Waals surface area contributed by atoms with Gasteiger partial charge in [0, 0.05) is 20.1 Å². The molecule has 1 aromatic carbocycles. The summed E-state index contributed by atoms with van der Waals surface area (Å²) in [5, 5.41) is 7.60. The number of hydrogen-bond donors (Lipinski definition) is 1. The normalized spacial score (nSPS) is 15.8. The second-order valence-corrected chi connectivity index (χ2v) is 10.3. The maximum Gasteiger partial charge on any atom is 0.245 e. The number of benzene rings is 1. The molecule has 0 bridgehead atoms. The molecule has 13 nitrogen and oxygen atoms in total. The molecule has 38 heavy (non-hydrogen) atoms. The summed E-state index contributed by atoms with van der Waals surface area (Å²) in [6.45, 7) is 0.656. The van der Waals surface area contributed by atoms with E-state index in [4.69, 9.17) is 9.47 Å². The number of anilines is 2. The van der Waals surface area contributed by atoms with Crippen molar-refractivity contribution < 1.29 is 23.7 Å². The second-order valence-electron chi connectivity index (χ2n) is 8.35. The van der Waals surface area contributed by atoms with E-state index in [9.17, 15) is 12.8 Å². The zero-order valence-corrected chi connectivity index (χ0v) is 21.3. The van der Waals surface area contributed by atoms with Crippen LogP contribution < -0.4 is 19.1 Å². The number of sulfonamides is 1. The lowest BCUT2D eigenvalue weighted by atomic mass is 10.1. The molecule has 4 heterocycles. The highest BCUT2D eigenvalue weighted by Crippen LogP contribution is 2.35. The molecule has 0 radical (unpaired) electrons. The number of halogens is 1. The summed E-state index contributed by atoms with van der Waals surface area (Å²) in [6, 6.07) is 9.11. The average molecular weight is 544 g/mol. The first-order valence-electron chi connectivity index (χ1n) is 11.6. The Balaban J connectivity index is 0.00000353. The first kappa shape index (κ1) is 25.3. The van der Waals surface area contributed by atoms with Gasteiger partial charge in [-0.15, -0.1) is 10.2 Å². The van der Waals surface area contributed by atoms with Gasteiger partial charge in [-0.3, -0.25) is 9.29 Å². The molecule has 1 aliphatic rings. The number of nitrogens with one attached hydrogen (secondary N) is 1. The number of ether oxygens (including phenoxy) is 2. The van der Waals surface area contributed by atoms with Gasteiger partial charge in [0.25, 0.3) is 0 Å². The molecule has 4 aromatic rings. The Morgan fingerprint density at radius 2 is 1.71 bits per heavy atom. The van der Waals surface area contributed by atoms with Gasteiger partial charge < -0.3 is 14.4 Å². The zero-order valence-electron chi connectivity index (χ0n) is 20.5. The van der Waals surface area contributed by atoms with Gasteiger partial charge in [0.05, 0.1) is 31.9 Å². The molecule has 1 fully saturated rings. The van der Waals surface area contributed by atoms with Crippen molar-refractivity contribution in [3.63, 3.8) is 0 Å². The number of rotatable bonds is 8. The summed E-state index contributed by atoms with van der Waals surface area (Å²) >= 11 is 0. The van der Waals surface area contributed by atoms with Gasteiger partial charge in [0.1, 0.15) is 6.33 Å². The molecular formula is C23H26FN9O4S. The van der Waals surface area contributed by atoms with Gasteiger partial charge in [-0.1, -0.05) is 30.3 Å². The third-order valence-corrected chi connectivity index (χ3v) is 7.73. The Morgan fingerprint density at radius 1 is 1.03 bits per heavy atom. The van der Waals surface area contributed by atoms with Gasteiger partial charge in [0.2, 0.25) is 33.7 Å². The van der Waals surface area contributed by atoms with Gasteiger partial charge >= 0.3 is 0 Å². The summed E-state index contributed by atoms with van der Waals surface area (Å²) in [6.07, 6.45) is 4.34. The molecule has 3 aromatic heterocycles. The van der Waals surface area contributed by atoms with Crippen molar-refractivity contribution in [2.75, 3.05) is 36.9 Å². The van der Waals surface area contributed by atoms with E-state index in [1.165, 1.54) is 25.1 Å². The molecule has 0 aliphatic carbocycles. The van der Waals surface area contributed by atoms with E-state index in [-0.39, 0.29) is 37.3 Å². The average Bonchev–Trinajstić information content (AvgIpc) is 3.35. The minimum Gasteiger partial charge on any atom is -0.479 e. The third kappa shape index (κ3) is 4.91. The molecule has 0 saturated carbocycles. The molecule has 15 heteroatoms. The minimum absolute atomic E-state index is 0. The van der Waals surface area contributed by atoms with E-state index < -0.39 is 21.1 Å². The fourth-order valence-electron chi connectivity index (χ4n) is 4.23. The predicted molar refractivity (Wildman–Crippen MR) is 137 cm³/mol. The fourth-order valence-corrected chi connectivity index (χ4v) is 5.63. The summed E-state index contributed by atoms with van der Waals surface area (Å²) in [5.41, 5.74) is 0.889. The smallest absolute Gasteiger partial charge is 0.245 e. The summed E-state index contributed by atoms with van der Waals surface area (Å²) < 4.78 is 55.4. The Bertz CT molecular complexity index is 1500. The first-order valence-corrected chi connectivity index (χ1v) is 13.1. The lowest BCUT2D eigenvalue weighted by Crippen LogP contribution is -2.45. The number of aromatic nitrogens is 7. The number of piperidine rings is 1. The lowest BCUT2D eigenvalue weighted by molar-refractivity contribution is 0.368. The van der Waals surface area contributed by atoms with Crippen LogP contribution in [0.5, 0.6) is 11.8 Å². The first-order chi connectivity index (χ1) is 18.4. The lowest BCUT2D eigenvalue weighted by Gasteiger charge is -2.32. The maximum absolute atomic E-state index is 13.6. The Hall–Kier alpha value is -4.40. The SMILES string of the molecule is COc1ncnc(OC)c1-n1c(NS(=O)(=O)[C@H]2CCCN(c3ncc(F)cn3)C2)nnc1-c1ccccc1.[HH]. The molecule has 1 aliphatic heterocycles. The van der Waals surface area contributed by atoms with Gasteiger partial charge in [-0.2, -0.15) is 9.97 Å². The Kier molecular flexibility index (Phi) is 7.00. The van der Waals surface area contributed by atoms with Crippen molar-refractivity contribution in [3.05, 3.63) is 54.9 Å². The van der Waals surface area contributed by atoms with Crippen LogP contribution in [-0.4, -0.2) is 75.7 Å². The zero-order chi connectivity index (χ0) is 26.7. The van der Waals surface area contributed by atoms with Crippen molar-refractivity contribution in [3.8, 4) is 28.8 Å². The quantitative estimate of drug-likeness (QED) is 0.349. The molecule has 0 spiro atoms. The molecule has 200 valence electrons. The summed E-state index contributed by atoms with van der Waals surface area (Å²) in [5.74, 6) is 0.181. The molecule has 5 rings (SSSR count). The summed E-state index contributed by atoms with van der Waals surface area (Å²) in [4.78, 5) is 18.0. The van der Waals surface area contributed by atoms with E-state index >= 15 is 0 Å². The highest BCUT2D eigenvalue weighted by atomic mass is 32.2. The maximum atomic E-state index is 13.6. The highest BCUT2D eigenvalue weighted by Gasteiger charge is 2.34. The largest absolute Gasteiger partial charge is 0.479 e. The van der Waals surface area contributed by atoms with Crippen molar-refractivity contribution in [2.24, 2.45) is 0 Å². The molecular weight excluding hydrogens is 517 g/mol. The van der Waals surface area contributed by atoms with Crippen molar-refractivity contribution in [1.29, 1.82) is 0 Å². The highest BCUT2D eigenvalue weighted by molar-refractivity contribution is 7.93. The van der Waals surface area contributed by atoms with Crippen LogP contribution in [0.1, 0.15) is 14.3 Å². The number of hydrogen-bond acceptors (Lipinski definition) is 11. The fraction of sp³-hybridized carbons (Fsp3) is 0.304. The van der Waals surface area contributed by atoms with Crippen LogP contribution in [0.4, 0.5) is 16.3 Å². The van der Waals surface area contributed by atoms with E-state index in [1.54, 1.807) is 4.90 Å². The van der Waals surface area contributed by atoms with Crippen LogP contribution in [0, 0.1) is 5.82 Å². The molecule has 0 unspecified atom stereocenters. The third-order valence-electron chi connectivity index (χ3n) is 6.00. The monoisotopic (exact) mass is 543 g/mol. The standard InChI is InChI=1S/C23H24FN9O4S.H2/c1-36-20-18(21(37-2)28-14-27-20)33-19(15-7-4-3-5-8-15)29-30-23(33)31-38(34,35)17-9-6-10-32(13-17)22-25-11-16(24)12-26-22;/h3-5,7-8,11-12,14,17H,6,9-10,13H2,1-2H3,(H,30,31);1H/t17-;/m0./s1. The van der Waals surface area contributed by atoms with E-state index in [0.717, 1.165) is 12.4 Å². The van der Waals surface area contributed by atoms with Crippen molar-refractivity contribution in [1.82, 2.24) is 34.7 Å². The van der Waals surface area contributed by atoms with Crippen molar-refractivity contribution in [2.45, 2.75) is 18.1 Å².